The Balaban J connectivity index is 2.23. The Morgan fingerprint density at radius 2 is 2.56 bits per heavy atom. The van der Waals surface area contributed by atoms with Crippen LogP contribution in [0, 0.1) is 0 Å². The summed E-state index contributed by atoms with van der Waals surface area (Å²) in [5.41, 5.74) is 6.30. The van der Waals surface area contributed by atoms with Crippen molar-refractivity contribution >= 4 is 5.95 Å². The van der Waals surface area contributed by atoms with E-state index in [1.165, 1.54) is 6.07 Å². The van der Waals surface area contributed by atoms with E-state index in [0.29, 0.717) is 18.2 Å². The first kappa shape index (κ1) is 11.1. The third kappa shape index (κ3) is 2.40. The minimum Gasteiger partial charge on any atom is -0.378 e. The second-order valence-corrected chi connectivity index (χ2v) is 3.99. The maximum Gasteiger partial charge on any atom is 0.252 e. The van der Waals surface area contributed by atoms with E-state index in [1.54, 1.807) is 7.11 Å². The van der Waals surface area contributed by atoms with E-state index in [0.717, 1.165) is 19.5 Å². The zero-order chi connectivity index (χ0) is 11.5. The van der Waals surface area contributed by atoms with Gasteiger partial charge < -0.3 is 15.4 Å². The highest BCUT2D eigenvalue weighted by Crippen LogP contribution is 2.13. The number of aromatic amines is 1. The van der Waals surface area contributed by atoms with Crippen molar-refractivity contribution in [3.8, 4) is 0 Å². The lowest BCUT2D eigenvalue weighted by atomic mass is 10.3. The topological polar surface area (TPSA) is 84.2 Å². The number of hydrogen-bond donors (Lipinski definition) is 2. The number of hydrogen-bond acceptors (Lipinski definition) is 5. The molecule has 0 amide bonds. The van der Waals surface area contributed by atoms with Crippen molar-refractivity contribution in [1.29, 1.82) is 0 Å². The van der Waals surface area contributed by atoms with Gasteiger partial charge in [0.15, 0.2) is 0 Å². The van der Waals surface area contributed by atoms with Gasteiger partial charge in [0.25, 0.3) is 5.56 Å². The van der Waals surface area contributed by atoms with E-state index < -0.39 is 0 Å². The van der Waals surface area contributed by atoms with Crippen LogP contribution < -0.4 is 16.2 Å². The van der Waals surface area contributed by atoms with Crippen molar-refractivity contribution in [2.45, 2.75) is 19.1 Å². The molecule has 1 unspecified atom stereocenters. The standard InChI is InChI=1S/C10H16N4O2/c1-16-6-8-4-9(15)13-10(12-8)14-3-2-7(11)5-14/h4,7H,2-3,5-6,11H2,1H3,(H,12,13,15). The Labute approximate surface area is 93.4 Å². The van der Waals surface area contributed by atoms with Gasteiger partial charge in [-0.15, -0.1) is 0 Å². The largest absolute Gasteiger partial charge is 0.378 e. The maximum atomic E-state index is 11.4. The van der Waals surface area contributed by atoms with Gasteiger partial charge in [0.2, 0.25) is 5.95 Å². The van der Waals surface area contributed by atoms with E-state index in [2.05, 4.69) is 9.97 Å². The first-order valence-corrected chi connectivity index (χ1v) is 5.29. The first-order chi connectivity index (χ1) is 7.69. The van der Waals surface area contributed by atoms with E-state index in [1.807, 2.05) is 4.90 Å². The van der Waals surface area contributed by atoms with Gasteiger partial charge in [-0.2, -0.15) is 0 Å². The molecule has 0 aliphatic carbocycles. The van der Waals surface area contributed by atoms with Crippen LogP contribution >= 0.6 is 0 Å². The molecule has 0 saturated carbocycles. The summed E-state index contributed by atoms with van der Waals surface area (Å²) in [6.45, 7) is 1.91. The molecule has 1 aromatic rings. The molecule has 0 bridgehead atoms. The van der Waals surface area contributed by atoms with Gasteiger partial charge in [-0.1, -0.05) is 0 Å². The molecule has 3 N–H and O–H groups in total. The molecule has 88 valence electrons. The average molecular weight is 224 g/mol. The summed E-state index contributed by atoms with van der Waals surface area (Å²) in [5, 5.41) is 0. The molecule has 1 saturated heterocycles. The van der Waals surface area contributed by atoms with Crippen molar-refractivity contribution < 1.29 is 4.74 Å². The van der Waals surface area contributed by atoms with Gasteiger partial charge in [-0.3, -0.25) is 9.78 Å². The predicted octanol–water partition coefficient (Wildman–Crippen LogP) is -0.546. The summed E-state index contributed by atoms with van der Waals surface area (Å²) in [7, 11) is 1.58. The summed E-state index contributed by atoms with van der Waals surface area (Å²) < 4.78 is 4.96. The maximum absolute atomic E-state index is 11.4. The lowest BCUT2D eigenvalue weighted by Crippen LogP contribution is -2.29. The molecule has 6 nitrogen and oxygen atoms in total. The normalized spacial score (nSPS) is 20.4. The number of methoxy groups -OCH3 is 1. The van der Waals surface area contributed by atoms with Gasteiger partial charge in [0, 0.05) is 32.3 Å². The predicted molar refractivity (Wildman–Crippen MR) is 60.4 cm³/mol. The quantitative estimate of drug-likeness (QED) is 0.720. The number of aromatic nitrogens is 2. The van der Waals surface area contributed by atoms with Crippen LogP contribution in [-0.2, 0) is 11.3 Å². The fraction of sp³-hybridized carbons (Fsp3) is 0.600. The summed E-state index contributed by atoms with van der Waals surface area (Å²) >= 11 is 0. The number of nitrogens with two attached hydrogens (primary N) is 1. The second kappa shape index (κ2) is 4.63. The summed E-state index contributed by atoms with van der Waals surface area (Å²) in [4.78, 5) is 20.5. The molecular formula is C10H16N4O2. The molecule has 0 aromatic carbocycles. The third-order valence-electron chi connectivity index (χ3n) is 2.60. The number of rotatable bonds is 3. The number of anilines is 1. The molecule has 1 aromatic heterocycles. The van der Waals surface area contributed by atoms with Gasteiger partial charge >= 0.3 is 0 Å². The van der Waals surface area contributed by atoms with Crippen LogP contribution in [0.25, 0.3) is 0 Å². The Morgan fingerprint density at radius 1 is 1.75 bits per heavy atom. The molecule has 6 heteroatoms. The monoisotopic (exact) mass is 224 g/mol. The number of nitrogens with one attached hydrogen (secondary N) is 1. The van der Waals surface area contributed by atoms with Crippen LogP contribution in [-0.4, -0.2) is 36.2 Å². The SMILES string of the molecule is COCc1cc(=O)[nH]c(N2CCC(N)C2)n1. The van der Waals surface area contributed by atoms with Gasteiger partial charge in [-0.25, -0.2) is 4.98 Å². The van der Waals surface area contributed by atoms with Crippen molar-refractivity contribution in [1.82, 2.24) is 9.97 Å². The summed E-state index contributed by atoms with van der Waals surface area (Å²) in [5.74, 6) is 0.590. The van der Waals surface area contributed by atoms with E-state index in [-0.39, 0.29) is 11.6 Å². The molecule has 2 heterocycles. The lowest BCUT2D eigenvalue weighted by molar-refractivity contribution is 0.181. The zero-order valence-corrected chi connectivity index (χ0v) is 9.27. The molecule has 2 rings (SSSR count). The molecule has 0 spiro atoms. The average Bonchev–Trinajstić information content (AvgIpc) is 2.64. The molecular weight excluding hydrogens is 208 g/mol. The Morgan fingerprint density at radius 3 is 3.19 bits per heavy atom. The number of ether oxygens (including phenoxy) is 1. The lowest BCUT2D eigenvalue weighted by Gasteiger charge is -2.16. The van der Waals surface area contributed by atoms with Gasteiger partial charge in [0.05, 0.1) is 12.3 Å². The smallest absolute Gasteiger partial charge is 0.252 e. The van der Waals surface area contributed by atoms with Crippen molar-refractivity contribution in [2.24, 2.45) is 5.73 Å². The van der Waals surface area contributed by atoms with Crippen molar-refractivity contribution in [3.63, 3.8) is 0 Å². The van der Waals surface area contributed by atoms with E-state index >= 15 is 0 Å². The van der Waals surface area contributed by atoms with Crippen LogP contribution in [0.4, 0.5) is 5.95 Å². The van der Waals surface area contributed by atoms with Crippen molar-refractivity contribution in [2.75, 3.05) is 25.1 Å². The second-order valence-electron chi connectivity index (χ2n) is 3.99. The molecule has 1 aliphatic heterocycles. The first-order valence-electron chi connectivity index (χ1n) is 5.29. The van der Waals surface area contributed by atoms with E-state index in [4.69, 9.17) is 10.5 Å². The fourth-order valence-corrected chi connectivity index (χ4v) is 1.85. The highest BCUT2D eigenvalue weighted by Gasteiger charge is 2.21. The number of H-pyrrole nitrogens is 1. The van der Waals surface area contributed by atoms with E-state index in [9.17, 15) is 4.79 Å². The number of nitrogens with zero attached hydrogens (tertiary/aromatic N) is 2. The van der Waals surface area contributed by atoms with Crippen LogP contribution in [0.3, 0.4) is 0 Å². The van der Waals surface area contributed by atoms with Crippen LogP contribution in [0.2, 0.25) is 0 Å². The minimum absolute atomic E-state index is 0.155. The van der Waals surface area contributed by atoms with Gasteiger partial charge in [0.1, 0.15) is 0 Å². The van der Waals surface area contributed by atoms with Crippen LogP contribution in [0.5, 0.6) is 0 Å². The van der Waals surface area contributed by atoms with Crippen molar-refractivity contribution in [3.05, 3.63) is 22.1 Å². The van der Waals surface area contributed by atoms with Gasteiger partial charge in [-0.05, 0) is 6.42 Å². The highest BCUT2D eigenvalue weighted by molar-refractivity contribution is 5.32. The molecule has 1 atom stereocenters. The summed E-state index contributed by atoms with van der Waals surface area (Å²) in [6.07, 6.45) is 0.929. The third-order valence-corrected chi connectivity index (χ3v) is 2.60. The molecule has 0 radical (unpaired) electrons. The summed E-state index contributed by atoms with van der Waals surface area (Å²) in [6, 6.07) is 1.61. The molecule has 16 heavy (non-hydrogen) atoms. The molecule has 1 fully saturated rings. The molecule has 1 aliphatic rings. The Bertz CT molecular complexity index is 418. The Hall–Kier alpha value is -1.40. The zero-order valence-electron chi connectivity index (χ0n) is 9.27. The Kier molecular flexibility index (Phi) is 3.21. The fourth-order valence-electron chi connectivity index (χ4n) is 1.85. The van der Waals surface area contributed by atoms with Crippen LogP contribution in [0.15, 0.2) is 10.9 Å². The van der Waals surface area contributed by atoms with Crippen LogP contribution in [0.1, 0.15) is 12.1 Å². The highest BCUT2D eigenvalue weighted by atomic mass is 16.5. The minimum atomic E-state index is -0.155.